The number of carboxylic acid groups (broad SMARTS) is 1. The Morgan fingerprint density at radius 3 is 2.20 bits per heavy atom. The van der Waals surface area contributed by atoms with E-state index in [9.17, 15) is 24.6 Å². The molecule has 0 atom stereocenters. The molecule has 0 bridgehead atoms. The maximum Gasteiger partial charge on any atom is 0.336 e. The summed E-state index contributed by atoms with van der Waals surface area (Å²) in [4.78, 5) is 46.4. The average molecular weight is 954 g/mol. The molecule has 0 saturated carbocycles. The van der Waals surface area contributed by atoms with E-state index in [1.807, 2.05) is 6.92 Å². The van der Waals surface area contributed by atoms with Crippen molar-refractivity contribution >= 4 is 22.8 Å². The summed E-state index contributed by atoms with van der Waals surface area (Å²) in [6.07, 6.45) is 0. The fraction of sp³-hybridized carbons (Fsp3) is 0.471. The highest BCUT2D eigenvalue weighted by Crippen LogP contribution is 2.42. The first kappa shape index (κ1) is 52.9. The maximum atomic E-state index is 14.5. The first-order valence-electron chi connectivity index (χ1n) is 24.1. The number of ether oxygens (including phenoxy) is 3. The summed E-state index contributed by atoms with van der Waals surface area (Å²) in [5, 5.41) is 35.3. The molecule has 1 amide bonds. The molecular formula is C51H71N9O9. The molecule has 69 heavy (non-hydrogen) atoms. The lowest BCUT2D eigenvalue weighted by molar-refractivity contribution is 0.0387. The second-order valence-electron chi connectivity index (χ2n) is 17.0. The van der Waals surface area contributed by atoms with Crippen LogP contribution in [0.3, 0.4) is 0 Å². The van der Waals surface area contributed by atoms with E-state index in [1.54, 1.807) is 29.2 Å². The Bertz CT molecular complexity index is 2410. The molecule has 3 aromatic carbocycles. The number of likely N-dealkylation sites (N-methyl/N-ethyl adjacent to an activating group) is 1. The third-order valence-electron chi connectivity index (χ3n) is 11.8. The van der Waals surface area contributed by atoms with E-state index in [4.69, 9.17) is 30.1 Å². The quantitative estimate of drug-likeness (QED) is 0.0310. The number of phenolic OH excluding ortho intramolecular Hbond substituents is 1. The number of rotatable bonds is 25. The molecular weight excluding hydrogens is 883 g/mol. The smallest absolute Gasteiger partial charge is 0.336 e. The van der Waals surface area contributed by atoms with Crippen LogP contribution in [-0.2, 0) is 22.6 Å². The molecule has 3 aliphatic rings. The van der Waals surface area contributed by atoms with E-state index < -0.39 is 5.97 Å². The van der Waals surface area contributed by atoms with Crippen molar-refractivity contribution in [2.75, 3.05) is 138 Å². The van der Waals surface area contributed by atoms with Crippen molar-refractivity contribution in [1.82, 2.24) is 36.0 Å². The Labute approximate surface area is 404 Å². The molecule has 2 heterocycles. The first-order valence-corrected chi connectivity index (χ1v) is 24.1. The van der Waals surface area contributed by atoms with Gasteiger partial charge in [0.2, 0.25) is 0 Å². The lowest BCUT2D eigenvalue weighted by Gasteiger charge is -2.29. The molecule has 18 nitrogen and oxygen atoms in total. The van der Waals surface area contributed by atoms with Crippen molar-refractivity contribution in [2.24, 2.45) is 11.5 Å². The van der Waals surface area contributed by atoms with Crippen molar-refractivity contribution in [3.05, 3.63) is 105 Å². The lowest BCUT2D eigenvalue weighted by atomic mass is 9.89. The van der Waals surface area contributed by atoms with Gasteiger partial charge < -0.3 is 66.5 Å². The average Bonchev–Trinajstić information content (AvgIpc) is 3.33. The third kappa shape index (κ3) is 16.3. The molecule has 3 aromatic rings. The van der Waals surface area contributed by atoms with Crippen LogP contribution in [0.4, 0.5) is 0 Å². The molecule has 2 aliphatic heterocycles. The van der Waals surface area contributed by atoms with Crippen molar-refractivity contribution in [3.8, 4) is 33.9 Å². The number of nitrogens with zero attached hydrogens (tertiary/aromatic N) is 3. The van der Waals surface area contributed by atoms with E-state index in [0.717, 1.165) is 75.8 Å². The number of carbonyl (C=O) groups is 2. The molecule has 0 spiro atoms. The fourth-order valence-electron chi connectivity index (χ4n) is 8.43. The molecule has 6 rings (SSSR count). The van der Waals surface area contributed by atoms with Crippen LogP contribution in [0.5, 0.6) is 11.5 Å². The minimum atomic E-state index is -1.23. The molecule has 18 heteroatoms. The van der Waals surface area contributed by atoms with Crippen LogP contribution in [0.2, 0.25) is 0 Å². The fourth-order valence-corrected chi connectivity index (χ4v) is 8.43. The number of fused-ring (bicyclic) bond motifs is 2. The number of aromatic carboxylic acids is 1. The zero-order valence-electron chi connectivity index (χ0n) is 39.9. The van der Waals surface area contributed by atoms with Gasteiger partial charge in [-0.3, -0.25) is 19.4 Å². The zero-order chi connectivity index (χ0) is 48.8. The van der Waals surface area contributed by atoms with E-state index in [0.29, 0.717) is 114 Å². The predicted molar refractivity (Wildman–Crippen MR) is 268 cm³/mol. The first-order chi connectivity index (χ1) is 33.7. The minimum absolute atomic E-state index is 0.0494. The Morgan fingerprint density at radius 2 is 1.48 bits per heavy atom. The van der Waals surface area contributed by atoms with Crippen LogP contribution in [0, 0.1) is 0 Å². The monoisotopic (exact) mass is 954 g/mol. The van der Waals surface area contributed by atoms with Crippen LogP contribution in [0.15, 0.2) is 82.0 Å². The van der Waals surface area contributed by atoms with E-state index >= 15 is 0 Å². The minimum Gasteiger partial charge on any atom is -0.508 e. The summed E-state index contributed by atoms with van der Waals surface area (Å²) in [5.74, 6) is -0.608. The van der Waals surface area contributed by atoms with Gasteiger partial charge in [-0.1, -0.05) is 19.1 Å². The van der Waals surface area contributed by atoms with Crippen LogP contribution in [-0.4, -0.2) is 175 Å². The SMILES string of the molecule is CCNCCN(CCN(CCN)Cc1cc(CN2CCNCCNCCNCC2)cc(OCCOCCOCCN)c1)C(=O)c1ccc(-c2c3ccc(=O)cc-3oc3cc(O)ccc23)c(C(=O)O)c1. The Hall–Kier alpha value is -5.51. The van der Waals surface area contributed by atoms with Crippen molar-refractivity contribution in [2.45, 2.75) is 20.0 Å². The highest BCUT2D eigenvalue weighted by molar-refractivity contribution is 6.09. The second-order valence-corrected chi connectivity index (χ2v) is 17.0. The van der Waals surface area contributed by atoms with Crippen LogP contribution in [0.1, 0.15) is 38.8 Å². The molecule has 374 valence electrons. The number of nitrogens with two attached hydrogens (primary N) is 2. The Kier molecular flexibility index (Phi) is 21.6. The Morgan fingerprint density at radius 1 is 0.768 bits per heavy atom. The zero-order valence-corrected chi connectivity index (χ0v) is 39.9. The van der Waals surface area contributed by atoms with Gasteiger partial charge >= 0.3 is 5.97 Å². The molecule has 0 unspecified atom stereocenters. The van der Waals surface area contributed by atoms with Crippen LogP contribution in [0.25, 0.3) is 33.4 Å². The third-order valence-corrected chi connectivity index (χ3v) is 11.8. The normalized spacial score (nSPS) is 14.2. The number of nitrogens with one attached hydrogen (secondary N) is 4. The number of carboxylic acids is 1. The largest absolute Gasteiger partial charge is 0.508 e. The molecule has 1 aliphatic carbocycles. The topological polar surface area (TPSA) is 242 Å². The predicted octanol–water partition coefficient (Wildman–Crippen LogP) is 2.44. The van der Waals surface area contributed by atoms with Crippen molar-refractivity contribution < 1.29 is 38.4 Å². The molecule has 0 aromatic heterocycles. The molecule has 0 radical (unpaired) electrons. The molecule has 1 saturated heterocycles. The van der Waals surface area contributed by atoms with Gasteiger partial charge in [0.05, 0.1) is 32.0 Å². The highest BCUT2D eigenvalue weighted by atomic mass is 16.5. The summed E-state index contributed by atoms with van der Waals surface area (Å²) in [7, 11) is 0. The van der Waals surface area contributed by atoms with Gasteiger partial charge in [0.1, 0.15) is 29.4 Å². The van der Waals surface area contributed by atoms with Gasteiger partial charge in [-0.15, -0.1) is 0 Å². The number of aromatic hydroxyl groups is 1. The maximum absolute atomic E-state index is 14.5. The Balaban J connectivity index is 1.23. The molecule has 10 N–H and O–H groups in total. The number of benzene rings is 4. The highest BCUT2D eigenvalue weighted by Gasteiger charge is 2.25. The number of hydrogen-bond donors (Lipinski definition) is 8. The van der Waals surface area contributed by atoms with Gasteiger partial charge in [-0.2, -0.15) is 0 Å². The second kappa shape index (κ2) is 28.2. The van der Waals surface area contributed by atoms with E-state index in [2.05, 4.69) is 49.3 Å². The summed E-state index contributed by atoms with van der Waals surface area (Å²) in [5.41, 5.74) is 15.4. The number of carbonyl (C=O) groups excluding carboxylic acids is 1. The van der Waals surface area contributed by atoms with Gasteiger partial charge in [0.15, 0.2) is 5.43 Å². The standard InChI is InChI=1S/C51H71N9O9/c1-2-54-17-21-60(50(63)39-3-6-43(46(32-39)51(64)65)49-44-7-4-40(61)33-47(44)69-48-34-41(62)5-8-45(48)49)23-22-58(18-9-52)35-37-29-38(31-42(30-37)68-28-27-67-26-25-66-24-10-53)36-59-19-15-56-13-11-55-12-14-57-16-20-59/h3-8,29-34,54-57,61H,2,9-28,35-36,52-53H2,1H3,(H,64,65). The van der Waals surface area contributed by atoms with Crippen molar-refractivity contribution in [3.63, 3.8) is 0 Å². The summed E-state index contributed by atoms with van der Waals surface area (Å²) in [6, 6.07) is 19.9. The number of amides is 1. The van der Waals surface area contributed by atoms with Gasteiger partial charge in [0, 0.05) is 145 Å². The summed E-state index contributed by atoms with van der Waals surface area (Å²) >= 11 is 0. The summed E-state index contributed by atoms with van der Waals surface area (Å²) in [6.45, 7) is 16.6. The van der Waals surface area contributed by atoms with Gasteiger partial charge in [-0.05, 0) is 71.8 Å². The summed E-state index contributed by atoms with van der Waals surface area (Å²) < 4.78 is 23.5. The van der Waals surface area contributed by atoms with Crippen LogP contribution < -0.4 is 42.9 Å². The number of hydrogen-bond acceptors (Lipinski definition) is 16. The van der Waals surface area contributed by atoms with Gasteiger partial charge in [-0.25, -0.2) is 4.79 Å². The van der Waals surface area contributed by atoms with E-state index in [-0.39, 0.29) is 39.6 Å². The van der Waals surface area contributed by atoms with Crippen LogP contribution >= 0.6 is 0 Å². The van der Waals surface area contributed by atoms with Crippen molar-refractivity contribution in [1.29, 1.82) is 0 Å². The van der Waals surface area contributed by atoms with E-state index in [1.165, 1.54) is 30.3 Å². The lowest BCUT2D eigenvalue weighted by Crippen LogP contribution is -2.43. The number of phenols is 1. The molecule has 1 fully saturated rings. The van der Waals surface area contributed by atoms with Gasteiger partial charge in [0.25, 0.3) is 5.91 Å².